The Hall–Kier alpha value is -0.580. The summed E-state index contributed by atoms with van der Waals surface area (Å²) in [5.74, 6) is -0.395. The van der Waals surface area contributed by atoms with Gasteiger partial charge in [-0.15, -0.1) is 11.3 Å². The molecule has 15 heavy (non-hydrogen) atoms. The summed E-state index contributed by atoms with van der Waals surface area (Å²) in [6.07, 6.45) is 0. The number of rotatable bonds is 1. The lowest BCUT2D eigenvalue weighted by atomic mass is 10.2. The minimum absolute atomic E-state index is 0.395. The highest BCUT2D eigenvalue weighted by Crippen LogP contribution is 2.39. The molecular formula is C10H6BrClO2S. The molecule has 0 aliphatic rings. The summed E-state index contributed by atoms with van der Waals surface area (Å²) in [7, 11) is 1.35. The predicted molar refractivity (Wildman–Crippen MR) is 65.9 cm³/mol. The van der Waals surface area contributed by atoms with Crippen LogP contribution in [0, 0.1) is 0 Å². The van der Waals surface area contributed by atoms with E-state index in [4.69, 9.17) is 11.6 Å². The number of halogens is 2. The molecule has 1 aromatic heterocycles. The van der Waals surface area contributed by atoms with E-state index in [1.165, 1.54) is 18.4 Å². The van der Waals surface area contributed by atoms with Gasteiger partial charge in [-0.2, -0.15) is 0 Å². The summed E-state index contributed by atoms with van der Waals surface area (Å²) >= 11 is 10.8. The van der Waals surface area contributed by atoms with Crippen LogP contribution in [0.4, 0.5) is 0 Å². The maximum atomic E-state index is 11.4. The fourth-order valence-electron chi connectivity index (χ4n) is 1.28. The van der Waals surface area contributed by atoms with Gasteiger partial charge < -0.3 is 4.74 Å². The van der Waals surface area contributed by atoms with Crippen molar-refractivity contribution >= 4 is 54.9 Å². The Morgan fingerprint density at radius 1 is 1.53 bits per heavy atom. The molecule has 0 unspecified atom stereocenters. The van der Waals surface area contributed by atoms with Crippen LogP contribution in [0.1, 0.15) is 9.67 Å². The largest absolute Gasteiger partial charge is 0.465 e. The van der Waals surface area contributed by atoms with E-state index in [0.717, 1.165) is 14.6 Å². The van der Waals surface area contributed by atoms with E-state index in [9.17, 15) is 4.79 Å². The minimum Gasteiger partial charge on any atom is -0.465 e. The summed E-state index contributed by atoms with van der Waals surface area (Å²) in [6.45, 7) is 0. The van der Waals surface area contributed by atoms with Crippen LogP contribution in [0.15, 0.2) is 22.7 Å². The van der Waals surface area contributed by atoms with E-state index < -0.39 is 5.97 Å². The Morgan fingerprint density at radius 2 is 2.27 bits per heavy atom. The van der Waals surface area contributed by atoms with E-state index in [1.807, 2.05) is 18.2 Å². The zero-order valence-electron chi connectivity index (χ0n) is 7.71. The second-order valence-electron chi connectivity index (χ2n) is 2.85. The number of esters is 1. The summed E-state index contributed by atoms with van der Waals surface area (Å²) in [6, 6.07) is 5.67. The molecule has 0 saturated heterocycles. The molecule has 0 bridgehead atoms. The van der Waals surface area contributed by atoms with Crippen LogP contribution in [0.2, 0.25) is 5.02 Å². The Kier molecular flexibility index (Phi) is 3.00. The van der Waals surface area contributed by atoms with Crippen molar-refractivity contribution in [3.63, 3.8) is 0 Å². The molecule has 0 N–H and O–H groups in total. The van der Waals surface area contributed by atoms with Gasteiger partial charge in [-0.05, 0) is 22.0 Å². The molecule has 0 amide bonds. The number of fused-ring (bicyclic) bond motifs is 1. The first-order valence-electron chi connectivity index (χ1n) is 4.10. The number of methoxy groups -OCH3 is 1. The second kappa shape index (κ2) is 4.12. The van der Waals surface area contributed by atoms with Crippen LogP contribution < -0.4 is 0 Å². The number of thiophene rings is 1. The lowest BCUT2D eigenvalue weighted by Crippen LogP contribution is -1.97. The summed E-state index contributed by atoms with van der Waals surface area (Å²) in [5, 5.41) is 1.33. The van der Waals surface area contributed by atoms with Crippen molar-refractivity contribution in [3.8, 4) is 0 Å². The third-order valence-corrected chi connectivity index (χ3v) is 4.62. The van der Waals surface area contributed by atoms with Crippen molar-refractivity contribution in [2.24, 2.45) is 0 Å². The van der Waals surface area contributed by atoms with Gasteiger partial charge in [0.15, 0.2) is 0 Å². The molecule has 0 atom stereocenters. The van der Waals surface area contributed by atoms with E-state index in [1.54, 1.807) is 0 Å². The predicted octanol–water partition coefficient (Wildman–Crippen LogP) is 4.10. The van der Waals surface area contributed by atoms with Gasteiger partial charge in [0.25, 0.3) is 0 Å². The van der Waals surface area contributed by atoms with E-state index in [0.29, 0.717) is 9.90 Å². The molecule has 0 aliphatic heterocycles. The van der Waals surface area contributed by atoms with Crippen LogP contribution >= 0.6 is 38.9 Å². The molecule has 0 aliphatic carbocycles. The lowest BCUT2D eigenvalue weighted by Gasteiger charge is -1.93. The monoisotopic (exact) mass is 304 g/mol. The number of carbonyl (C=O) groups excluding carboxylic acids is 1. The molecule has 0 spiro atoms. The van der Waals surface area contributed by atoms with Gasteiger partial charge in [0, 0.05) is 9.86 Å². The molecule has 0 radical (unpaired) electrons. The molecule has 1 aromatic carbocycles. The highest BCUT2D eigenvalue weighted by molar-refractivity contribution is 9.10. The maximum Gasteiger partial charge on any atom is 0.349 e. The standard InChI is InChI=1S/C10H6BrClO2S/c1-14-10(13)9-7(12)5-3-2-4-6(11)8(5)15-9/h2-4H,1H3. The summed E-state index contributed by atoms with van der Waals surface area (Å²) < 4.78 is 6.55. The van der Waals surface area contributed by atoms with Gasteiger partial charge in [0.2, 0.25) is 0 Å². The molecule has 78 valence electrons. The van der Waals surface area contributed by atoms with Crippen LogP contribution in [-0.4, -0.2) is 13.1 Å². The van der Waals surface area contributed by atoms with Gasteiger partial charge in [0.05, 0.1) is 16.8 Å². The molecular weight excluding hydrogens is 300 g/mol. The second-order valence-corrected chi connectivity index (χ2v) is 5.11. The Balaban J connectivity index is 2.75. The molecule has 0 saturated carbocycles. The number of hydrogen-bond acceptors (Lipinski definition) is 3. The van der Waals surface area contributed by atoms with Gasteiger partial charge in [-0.25, -0.2) is 4.79 Å². The van der Waals surface area contributed by atoms with Crippen molar-refractivity contribution in [1.29, 1.82) is 0 Å². The molecule has 2 aromatic rings. The number of carbonyl (C=O) groups is 1. The quantitative estimate of drug-likeness (QED) is 0.741. The van der Waals surface area contributed by atoms with Gasteiger partial charge in [-0.3, -0.25) is 0 Å². The first-order valence-corrected chi connectivity index (χ1v) is 6.08. The minimum atomic E-state index is -0.395. The van der Waals surface area contributed by atoms with Gasteiger partial charge in [0.1, 0.15) is 4.88 Å². The van der Waals surface area contributed by atoms with Crippen LogP contribution in [0.5, 0.6) is 0 Å². The van der Waals surface area contributed by atoms with Gasteiger partial charge >= 0.3 is 5.97 Å². The number of hydrogen-bond donors (Lipinski definition) is 0. The van der Waals surface area contributed by atoms with Crippen LogP contribution in [0.3, 0.4) is 0 Å². The summed E-state index contributed by atoms with van der Waals surface area (Å²) in [4.78, 5) is 11.8. The topological polar surface area (TPSA) is 26.3 Å². The molecule has 5 heteroatoms. The van der Waals surface area contributed by atoms with Crippen molar-refractivity contribution in [2.45, 2.75) is 0 Å². The SMILES string of the molecule is COC(=O)c1sc2c(Br)cccc2c1Cl. The third kappa shape index (κ3) is 1.77. The Labute approximate surface area is 104 Å². The Bertz CT molecular complexity index is 535. The fourth-order valence-corrected chi connectivity index (χ4v) is 3.31. The number of ether oxygens (including phenoxy) is 1. The average Bonchev–Trinajstić information content (AvgIpc) is 2.57. The van der Waals surface area contributed by atoms with Crippen molar-refractivity contribution in [1.82, 2.24) is 0 Å². The number of benzene rings is 1. The van der Waals surface area contributed by atoms with E-state index in [2.05, 4.69) is 20.7 Å². The first kappa shape index (κ1) is 10.9. The average molecular weight is 306 g/mol. The van der Waals surface area contributed by atoms with E-state index in [-0.39, 0.29) is 0 Å². The van der Waals surface area contributed by atoms with Crippen molar-refractivity contribution in [3.05, 3.63) is 32.6 Å². The molecule has 2 rings (SSSR count). The molecule has 0 fully saturated rings. The smallest absolute Gasteiger partial charge is 0.349 e. The first-order chi connectivity index (χ1) is 7.15. The molecule has 1 heterocycles. The third-order valence-electron chi connectivity index (χ3n) is 1.98. The highest BCUT2D eigenvalue weighted by atomic mass is 79.9. The molecule has 2 nitrogen and oxygen atoms in total. The normalized spacial score (nSPS) is 10.6. The Morgan fingerprint density at radius 3 is 2.87 bits per heavy atom. The lowest BCUT2D eigenvalue weighted by molar-refractivity contribution is 0.0606. The summed E-state index contributed by atoms with van der Waals surface area (Å²) in [5.41, 5.74) is 0. The van der Waals surface area contributed by atoms with Crippen molar-refractivity contribution in [2.75, 3.05) is 7.11 Å². The fraction of sp³-hybridized carbons (Fsp3) is 0.100. The van der Waals surface area contributed by atoms with Crippen LogP contribution in [-0.2, 0) is 4.74 Å². The zero-order chi connectivity index (χ0) is 11.0. The van der Waals surface area contributed by atoms with E-state index >= 15 is 0 Å². The van der Waals surface area contributed by atoms with Crippen LogP contribution in [0.25, 0.3) is 10.1 Å². The van der Waals surface area contributed by atoms with Gasteiger partial charge in [-0.1, -0.05) is 23.7 Å². The maximum absolute atomic E-state index is 11.4. The zero-order valence-corrected chi connectivity index (χ0v) is 10.9. The highest BCUT2D eigenvalue weighted by Gasteiger charge is 2.18. The van der Waals surface area contributed by atoms with Crippen molar-refractivity contribution < 1.29 is 9.53 Å².